The van der Waals surface area contributed by atoms with E-state index in [1.807, 2.05) is 6.33 Å². The van der Waals surface area contributed by atoms with Crippen LogP contribution in [0.4, 0.5) is 0 Å². The Morgan fingerprint density at radius 3 is 2.37 bits per heavy atom. The Labute approximate surface area is 113 Å². The number of rotatable bonds is 1. The maximum Gasteiger partial charge on any atom is 0.0931 e. The molecule has 0 saturated heterocycles. The van der Waals surface area contributed by atoms with Crippen LogP contribution in [0.1, 0.15) is 44.1 Å². The van der Waals surface area contributed by atoms with E-state index in [2.05, 4.69) is 28.2 Å². The second kappa shape index (κ2) is 3.41. The minimum absolute atomic E-state index is 0.508. The smallest absolute Gasteiger partial charge is 0.0931 e. The van der Waals surface area contributed by atoms with Gasteiger partial charge in [-0.3, -0.25) is 0 Å². The normalized spacial score (nSPS) is 40.1. The molecule has 1 heterocycles. The third-order valence-corrected chi connectivity index (χ3v) is 6.07. The van der Waals surface area contributed by atoms with Crippen LogP contribution in [0.5, 0.6) is 0 Å². The molecule has 2 heteroatoms. The number of benzene rings is 1. The summed E-state index contributed by atoms with van der Waals surface area (Å²) in [5.41, 5.74) is 4.42. The first-order chi connectivity index (χ1) is 9.31. The second-order valence-corrected chi connectivity index (χ2v) is 7.33. The summed E-state index contributed by atoms with van der Waals surface area (Å²) in [6, 6.07) is 6.95. The van der Waals surface area contributed by atoms with Crippen LogP contribution in [0.3, 0.4) is 0 Å². The second-order valence-electron chi connectivity index (χ2n) is 7.33. The van der Waals surface area contributed by atoms with Crippen molar-refractivity contribution in [3.05, 3.63) is 30.1 Å². The highest BCUT2D eigenvalue weighted by Crippen LogP contribution is 2.60. The molecule has 1 aromatic carbocycles. The van der Waals surface area contributed by atoms with Crippen molar-refractivity contribution in [2.24, 2.45) is 17.8 Å². The summed E-state index contributed by atoms with van der Waals surface area (Å²) in [6.45, 7) is 0. The SMILES string of the molecule is c1nc2ccc(C34CC5CC(CC(C5)C3)C4)cc2[nH]1. The molecule has 6 rings (SSSR count). The van der Waals surface area contributed by atoms with Crippen molar-refractivity contribution in [3.8, 4) is 0 Å². The van der Waals surface area contributed by atoms with Crippen molar-refractivity contribution < 1.29 is 0 Å². The van der Waals surface area contributed by atoms with Crippen LogP contribution in [0, 0.1) is 17.8 Å². The molecule has 0 amide bonds. The van der Waals surface area contributed by atoms with Crippen LogP contribution in [-0.4, -0.2) is 9.97 Å². The quantitative estimate of drug-likeness (QED) is 0.815. The van der Waals surface area contributed by atoms with Gasteiger partial charge in [-0.2, -0.15) is 0 Å². The summed E-state index contributed by atoms with van der Waals surface area (Å²) >= 11 is 0. The van der Waals surface area contributed by atoms with Gasteiger partial charge in [0.15, 0.2) is 0 Å². The Hall–Kier alpha value is -1.31. The van der Waals surface area contributed by atoms with Gasteiger partial charge in [0.25, 0.3) is 0 Å². The predicted molar refractivity (Wildman–Crippen MR) is 75.9 cm³/mol. The zero-order valence-corrected chi connectivity index (χ0v) is 11.2. The minimum atomic E-state index is 0.508. The number of aromatic nitrogens is 2. The third kappa shape index (κ3) is 1.40. The van der Waals surface area contributed by atoms with E-state index in [4.69, 9.17) is 0 Å². The number of hydrogen-bond donors (Lipinski definition) is 1. The highest BCUT2D eigenvalue weighted by atomic mass is 14.9. The van der Waals surface area contributed by atoms with Crippen molar-refractivity contribution >= 4 is 11.0 Å². The molecule has 0 spiro atoms. The van der Waals surface area contributed by atoms with Crippen LogP contribution < -0.4 is 0 Å². The van der Waals surface area contributed by atoms with Gasteiger partial charge in [-0.25, -0.2) is 4.98 Å². The topological polar surface area (TPSA) is 28.7 Å². The molecular formula is C17H20N2. The van der Waals surface area contributed by atoms with Gasteiger partial charge in [0.2, 0.25) is 0 Å². The Morgan fingerprint density at radius 2 is 1.68 bits per heavy atom. The summed E-state index contributed by atoms with van der Waals surface area (Å²) in [7, 11) is 0. The first-order valence-electron chi connectivity index (χ1n) is 7.74. The molecule has 98 valence electrons. The summed E-state index contributed by atoms with van der Waals surface area (Å²) in [6.07, 6.45) is 10.7. The van der Waals surface area contributed by atoms with Gasteiger partial charge in [0.05, 0.1) is 17.4 Å². The largest absolute Gasteiger partial charge is 0.345 e. The van der Waals surface area contributed by atoms with Crippen molar-refractivity contribution in [2.75, 3.05) is 0 Å². The standard InChI is InChI=1S/C17H20N2/c1-2-15-16(19-10-18-15)6-14(1)17-7-11-3-12(8-17)5-13(4-11)9-17/h1-2,6,10-13H,3-5,7-9H2,(H,18,19). The fourth-order valence-corrected chi connectivity index (χ4v) is 5.73. The van der Waals surface area contributed by atoms with Crippen LogP contribution >= 0.6 is 0 Å². The van der Waals surface area contributed by atoms with Crippen LogP contribution in [-0.2, 0) is 5.41 Å². The van der Waals surface area contributed by atoms with Gasteiger partial charge >= 0.3 is 0 Å². The van der Waals surface area contributed by atoms with E-state index < -0.39 is 0 Å². The number of aromatic amines is 1. The fourth-order valence-electron chi connectivity index (χ4n) is 5.73. The molecule has 4 aliphatic carbocycles. The van der Waals surface area contributed by atoms with Crippen molar-refractivity contribution in [1.82, 2.24) is 9.97 Å². The average molecular weight is 252 g/mol. The lowest BCUT2D eigenvalue weighted by molar-refractivity contribution is -0.00513. The number of nitrogens with one attached hydrogen (secondary N) is 1. The van der Waals surface area contributed by atoms with Gasteiger partial charge in [0.1, 0.15) is 0 Å². The van der Waals surface area contributed by atoms with Gasteiger partial charge < -0.3 is 4.98 Å². The van der Waals surface area contributed by atoms with Crippen LogP contribution in [0.15, 0.2) is 24.5 Å². The molecule has 0 atom stereocenters. The monoisotopic (exact) mass is 252 g/mol. The molecular weight excluding hydrogens is 232 g/mol. The lowest BCUT2D eigenvalue weighted by atomic mass is 9.48. The lowest BCUT2D eigenvalue weighted by Crippen LogP contribution is -2.48. The van der Waals surface area contributed by atoms with E-state index >= 15 is 0 Å². The Morgan fingerprint density at radius 1 is 1.00 bits per heavy atom. The summed E-state index contributed by atoms with van der Waals surface area (Å²) in [5, 5.41) is 0. The number of H-pyrrole nitrogens is 1. The zero-order valence-electron chi connectivity index (χ0n) is 11.2. The van der Waals surface area contributed by atoms with E-state index in [9.17, 15) is 0 Å². The van der Waals surface area contributed by atoms with E-state index in [1.54, 1.807) is 5.56 Å². The molecule has 4 aliphatic rings. The third-order valence-electron chi connectivity index (χ3n) is 6.07. The number of hydrogen-bond acceptors (Lipinski definition) is 1. The van der Waals surface area contributed by atoms with Crippen molar-refractivity contribution in [3.63, 3.8) is 0 Å². The van der Waals surface area contributed by atoms with E-state index in [0.29, 0.717) is 5.41 Å². The van der Waals surface area contributed by atoms with E-state index in [0.717, 1.165) is 23.3 Å². The predicted octanol–water partition coefficient (Wildman–Crippen LogP) is 4.03. The Kier molecular flexibility index (Phi) is 1.88. The molecule has 19 heavy (non-hydrogen) atoms. The first-order valence-corrected chi connectivity index (χ1v) is 7.74. The van der Waals surface area contributed by atoms with E-state index in [1.165, 1.54) is 44.0 Å². The van der Waals surface area contributed by atoms with Crippen LogP contribution in [0.2, 0.25) is 0 Å². The molecule has 2 aromatic rings. The fraction of sp³-hybridized carbons (Fsp3) is 0.588. The molecule has 4 fully saturated rings. The molecule has 4 bridgehead atoms. The highest BCUT2D eigenvalue weighted by molar-refractivity contribution is 5.75. The minimum Gasteiger partial charge on any atom is -0.345 e. The van der Waals surface area contributed by atoms with Gasteiger partial charge in [-0.05, 0) is 79.4 Å². The summed E-state index contributed by atoms with van der Waals surface area (Å²) in [5.74, 6) is 3.05. The molecule has 0 unspecified atom stereocenters. The Bertz CT molecular complexity index is 604. The molecule has 0 aliphatic heterocycles. The summed E-state index contributed by atoms with van der Waals surface area (Å²) in [4.78, 5) is 7.63. The van der Waals surface area contributed by atoms with Crippen LogP contribution in [0.25, 0.3) is 11.0 Å². The van der Waals surface area contributed by atoms with E-state index in [-0.39, 0.29) is 0 Å². The number of imidazole rings is 1. The zero-order chi connectivity index (χ0) is 12.4. The maximum atomic E-state index is 4.35. The van der Waals surface area contributed by atoms with Crippen molar-refractivity contribution in [1.29, 1.82) is 0 Å². The van der Waals surface area contributed by atoms with Gasteiger partial charge in [-0.1, -0.05) is 6.07 Å². The summed E-state index contributed by atoms with van der Waals surface area (Å²) < 4.78 is 0. The number of fused-ring (bicyclic) bond motifs is 1. The van der Waals surface area contributed by atoms with Gasteiger partial charge in [0, 0.05) is 0 Å². The highest BCUT2D eigenvalue weighted by Gasteiger charge is 2.51. The molecule has 0 radical (unpaired) electrons. The lowest BCUT2D eigenvalue weighted by Gasteiger charge is -2.57. The average Bonchev–Trinajstić information content (AvgIpc) is 2.84. The molecule has 1 aromatic heterocycles. The molecule has 4 saturated carbocycles. The van der Waals surface area contributed by atoms with Crippen molar-refractivity contribution in [2.45, 2.75) is 43.9 Å². The number of nitrogens with zero attached hydrogens (tertiary/aromatic N) is 1. The van der Waals surface area contributed by atoms with Gasteiger partial charge in [-0.15, -0.1) is 0 Å². The molecule has 1 N–H and O–H groups in total. The Balaban J connectivity index is 1.64. The first kappa shape index (κ1) is 10.5. The maximum absolute atomic E-state index is 4.35. The molecule has 2 nitrogen and oxygen atoms in total.